The number of nitrogens with zero attached hydrogens (tertiary/aromatic N) is 1. The minimum absolute atomic E-state index is 0.108. The fraction of sp³-hybridized carbons (Fsp3) is 0.148. The number of para-hydroxylation sites is 1. The number of amides is 2. The summed E-state index contributed by atoms with van der Waals surface area (Å²) in [5.74, 6) is -1.05. The van der Waals surface area contributed by atoms with Crippen molar-refractivity contribution in [3.63, 3.8) is 0 Å². The van der Waals surface area contributed by atoms with Crippen LogP contribution in [0.1, 0.15) is 22.3 Å². The average molecular weight is 493 g/mol. The molecule has 0 radical (unpaired) electrons. The van der Waals surface area contributed by atoms with Gasteiger partial charge in [-0.05, 0) is 55.8 Å². The molecule has 184 valence electrons. The van der Waals surface area contributed by atoms with Crippen molar-refractivity contribution < 1.29 is 27.5 Å². The highest BCUT2D eigenvalue weighted by atomic mass is 19.4. The van der Waals surface area contributed by atoms with Gasteiger partial charge in [0.15, 0.2) is 6.61 Å². The Labute approximate surface area is 206 Å². The summed E-state index contributed by atoms with van der Waals surface area (Å²) >= 11 is 0. The number of hydrogen-bond donors (Lipinski definition) is 2. The van der Waals surface area contributed by atoms with Crippen molar-refractivity contribution in [2.75, 3.05) is 17.2 Å². The van der Waals surface area contributed by atoms with E-state index in [1.54, 1.807) is 36.4 Å². The maximum atomic E-state index is 12.9. The van der Waals surface area contributed by atoms with E-state index in [9.17, 15) is 28.0 Å². The predicted molar refractivity (Wildman–Crippen MR) is 130 cm³/mol. The van der Waals surface area contributed by atoms with Gasteiger partial charge in [0.1, 0.15) is 17.4 Å². The van der Waals surface area contributed by atoms with E-state index >= 15 is 0 Å². The Morgan fingerprint density at radius 1 is 1.00 bits per heavy atom. The van der Waals surface area contributed by atoms with Crippen LogP contribution in [0.5, 0.6) is 5.75 Å². The van der Waals surface area contributed by atoms with Gasteiger partial charge in [-0.3, -0.25) is 9.59 Å². The molecule has 6 nitrogen and oxygen atoms in total. The average Bonchev–Trinajstić information content (AvgIpc) is 2.83. The highest BCUT2D eigenvalue weighted by Crippen LogP contribution is 2.31. The number of carbonyl (C=O) groups excluding carboxylic acids is 2. The Bertz CT molecular complexity index is 1360. The molecule has 3 aromatic carbocycles. The summed E-state index contributed by atoms with van der Waals surface area (Å²) in [6.45, 7) is 3.50. The van der Waals surface area contributed by atoms with E-state index in [1.165, 1.54) is 12.1 Å². The number of benzene rings is 3. The molecule has 3 rings (SSSR count). The minimum Gasteiger partial charge on any atom is -0.483 e. The zero-order valence-electron chi connectivity index (χ0n) is 19.4. The fourth-order valence-electron chi connectivity index (χ4n) is 3.29. The number of halogens is 3. The molecule has 0 aliphatic carbocycles. The Balaban J connectivity index is 1.72. The van der Waals surface area contributed by atoms with Crippen LogP contribution in [0.4, 0.5) is 24.5 Å². The lowest BCUT2D eigenvalue weighted by Gasteiger charge is -2.12. The van der Waals surface area contributed by atoms with Crippen LogP contribution in [0.3, 0.4) is 0 Å². The quantitative estimate of drug-likeness (QED) is 0.317. The molecule has 9 heteroatoms. The molecule has 2 N–H and O–H groups in total. The van der Waals surface area contributed by atoms with Crippen LogP contribution in [0.25, 0.3) is 6.08 Å². The molecule has 0 unspecified atom stereocenters. The molecule has 0 heterocycles. The van der Waals surface area contributed by atoms with Gasteiger partial charge >= 0.3 is 6.18 Å². The van der Waals surface area contributed by atoms with E-state index in [0.717, 1.165) is 29.3 Å². The van der Waals surface area contributed by atoms with Crippen molar-refractivity contribution in [1.82, 2.24) is 0 Å². The van der Waals surface area contributed by atoms with Crippen LogP contribution in [-0.4, -0.2) is 18.4 Å². The molecule has 0 bridgehead atoms. The molecule has 0 spiro atoms. The topological polar surface area (TPSA) is 91.2 Å². The zero-order chi connectivity index (χ0) is 26.3. The van der Waals surface area contributed by atoms with Crippen molar-refractivity contribution in [3.05, 3.63) is 94.6 Å². The van der Waals surface area contributed by atoms with Crippen LogP contribution in [0.2, 0.25) is 0 Å². The monoisotopic (exact) mass is 493 g/mol. The number of carbonyl (C=O) groups is 2. The molecular weight excluding hydrogens is 471 g/mol. The van der Waals surface area contributed by atoms with Gasteiger partial charge in [0.2, 0.25) is 0 Å². The number of nitrogens with one attached hydrogen (secondary N) is 2. The highest BCUT2D eigenvalue weighted by Gasteiger charge is 2.30. The Morgan fingerprint density at radius 2 is 1.75 bits per heavy atom. The summed E-state index contributed by atoms with van der Waals surface area (Å²) < 4.78 is 44.4. The van der Waals surface area contributed by atoms with Crippen molar-refractivity contribution >= 4 is 29.3 Å². The van der Waals surface area contributed by atoms with Crippen LogP contribution in [0.15, 0.2) is 72.3 Å². The molecule has 2 amide bonds. The molecule has 36 heavy (non-hydrogen) atoms. The maximum Gasteiger partial charge on any atom is 0.416 e. The Kier molecular flexibility index (Phi) is 8.12. The normalized spacial score (nSPS) is 11.4. The number of nitriles is 1. The van der Waals surface area contributed by atoms with Crippen LogP contribution < -0.4 is 15.4 Å². The third-order valence-electron chi connectivity index (χ3n) is 5.05. The summed E-state index contributed by atoms with van der Waals surface area (Å²) in [6.07, 6.45) is -3.34. The Hall–Kier alpha value is -4.58. The lowest BCUT2D eigenvalue weighted by Crippen LogP contribution is -2.21. The van der Waals surface area contributed by atoms with E-state index in [1.807, 2.05) is 26.0 Å². The second kappa shape index (κ2) is 11.2. The first-order valence-electron chi connectivity index (χ1n) is 10.8. The summed E-state index contributed by atoms with van der Waals surface area (Å²) in [6, 6.07) is 17.9. The number of rotatable bonds is 7. The summed E-state index contributed by atoms with van der Waals surface area (Å²) in [4.78, 5) is 24.9. The number of aryl methyl sites for hydroxylation is 2. The van der Waals surface area contributed by atoms with E-state index in [4.69, 9.17) is 4.74 Å². The molecular formula is C27H22F3N3O3. The van der Waals surface area contributed by atoms with E-state index < -0.39 is 23.6 Å². The SMILES string of the molecule is Cc1ccc(NC(=O)COc2ccccc2/C=C(\C#N)C(=O)Nc2cccc(C(F)(F)F)c2)c(C)c1. The second-order valence-electron chi connectivity index (χ2n) is 7.90. The minimum atomic E-state index is -4.57. The largest absolute Gasteiger partial charge is 0.483 e. The molecule has 0 atom stereocenters. The van der Waals surface area contributed by atoms with Gasteiger partial charge in [-0.15, -0.1) is 0 Å². The fourth-order valence-corrected chi connectivity index (χ4v) is 3.29. The van der Waals surface area contributed by atoms with Gasteiger partial charge in [-0.1, -0.05) is 42.0 Å². The number of anilines is 2. The van der Waals surface area contributed by atoms with Crippen molar-refractivity contribution in [2.24, 2.45) is 0 Å². The molecule has 3 aromatic rings. The second-order valence-corrected chi connectivity index (χ2v) is 7.90. The summed E-state index contributed by atoms with van der Waals surface area (Å²) in [5, 5.41) is 14.5. The van der Waals surface area contributed by atoms with Gasteiger partial charge in [-0.2, -0.15) is 18.4 Å². The first-order chi connectivity index (χ1) is 17.1. The van der Waals surface area contributed by atoms with Crippen molar-refractivity contribution in [1.29, 1.82) is 5.26 Å². The smallest absolute Gasteiger partial charge is 0.416 e. The zero-order valence-corrected chi connectivity index (χ0v) is 19.4. The number of ether oxygens (including phenoxy) is 1. The van der Waals surface area contributed by atoms with E-state index in [0.29, 0.717) is 11.3 Å². The highest BCUT2D eigenvalue weighted by molar-refractivity contribution is 6.09. The lowest BCUT2D eigenvalue weighted by atomic mass is 10.1. The van der Waals surface area contributed by atoms with Crippen LogP contribution >= 0.6 is 0 Å². The Morgan fingerprint density at radius 3 is 2.44 bits per heavy atom. The molecule has 0 fully saturated rings. The predicted octanol–water partition coefficient (Wildman–Crippen LogP) is 5.89. The van der Waals surface area contributed by atoms with E-state index in [-0.39, 0.29) is 23.6 Å². The third kappa shape index (κ3) is 6.96. The first kappa shape index (κ1) is 26.0. The number of alkyl halides is 3. The van der Waals surface area contributed by atoms with Crippen LogP contribution in [-0.2, 0) is 15.8 Å². The third-order valence-corrected chi connectivity index (χ3v) is 5.05. The van der Waals surface area contributed by atoms with Gasteiger partial charge in [0.05, 0.1) is 5.56 Å². The molecule has 0 saturated heterocycles. The molecule has 0 aliphatic heterocycles. The van der Waals surface area contributed by atoms with Gasteiger partial charge in [0, 0.05) is 16.9 Å². The van der Waals surface area contributed by atoms with Gasteiger partial charge < -0.3 is 15.4 Å². The molecule has 0 aromatic heterocycles. The summed E-state index contributed by atoms with van der Waals surface area (Å²) in [5.41, 5.74) is 1.56. The summed E-state index contributed by atoms with van der Waals surface area (Å²) in [7, 11) is 0. The van der Waals surface area contributed by atoms with Crippen molar-refractivity contribution in [3.8, 4) is 11.8 Å². The maximum absolute atomic E-state index is 12.9. The first-order valence-corrected chi connectivity index (χ1v) is 10.8. The van der Waals surface area contributed by atoms with E-state index in [2.05, 4.69) is 10.6 Å². The van der Waals surface area contributed by atoms with Crippen LogP contribution in [0, 0.1) is 25.2 Å². The molecule has 0 aliphatic rings. The van der Waals surface area contributed by atoms with Crippen molar-refractivity contribution in [2.45, 2.75) is 20.0 Å². The van der Waals surface area contributed by atoms with Gasteiger partial charge in [0.25, 0.3) is 11.8 Å². The number of hydrogen-bond acceptors (Lipinski definition) is 4. The molecule has 0 saturated carbocycles. The standard InChI is InChI=1S/C27H22F3N3O3/c1-17-10-11-23(18(2)12-17)33-25(34)16-36-24-9-4-3-6-19(24)13-20(15-31)26(35)32-22-8-5-7-21(14-22)27(28,29)30/h3-14H,16H2,1-2H3,(H,32,35)(H,33,34)/b20-13+. The lowest BCUT2D eigenvalue weighted by molar-refractivity contribution is -0.137. The van der Waals surface area contributed by atoms with Gasteiger partial charge in [-0.25, -0.2) is 0 Å².